The predicted molar refractivity (Wildman–Crippen MR) is 39.0 cm³/mol. The molecule has 3 nitrogen and oxygen atoms in total. The monoisotopic (exact) mass is 142 g/mol. The van der Waals surface area contributed by atoms with Crippen molar-refractivity contribution in [3.63, 3.8) is 0 Å². The first-order valence-corrected chi connectivity index (χ1v) is 3.95. The topological polar surface area (TPSA) is 33.3 Å². The van der Waals surface area contributed by atoms with Crippen molar-refractivity contribution in [2.75, 3.05) is 32.8 Å². The lowest BCUT2D eigenvalue weighted by molar-refractivity contribution is -0.0744. The SMILES string of the molecule is C1CNC2(CCN1)COC2. The van der Waals surface area contributed by atoms with Crippen LogP contribution in [0.2, 0.25) is 0 Å². The Morgan fingerprint density at radius 2 is 2.00 bits per heavy atom. The average Bonchev–Trinajstić information content (AvgIpc) is 2.08. The number of ether oxygens (including phenoxy) is 1. The summed E-state index contributed by atoms with van der Waals surface area (Å²) in [4.78, 5) is 0. The molecule has 2 N–H and O–H groups in total. The van der Waals surface area contributed by atoms with E-state index in [0.29, 0.717) is 5.54 Å². The molecule has 2 aliphatic rings. The molecular weight excluding hydrogens is 128 g/mol. The minimum atomic E-state index is 0.351. The van der Waals surface area contributed by atoms with Gasteiger partial charge in [0.05, 0.1) is 18.8 Å². The highest BCUT2D eigenvalue weighted by Crippen LogP contribution is 2.20. The van der Waals surface area contributed by atoms with Crippen molar-refractivity contribution in [1.29, 1.82) is 0 Å². The van der Waals surface area contributed by atoms with Crippen LogP contribution < -0.4 is 10.6 Å². The van der Waals surface area contributed by atoms with Gasteiger partial charge in [0.2, 0.25) is 0 Å². The van der Waals surface area contributed by atoms with E-state index in [1.807, 2.05) is 0 Å². The van der Waals surface area contributed by atoms with E-state index in [0.717, 1.165) is 32.8 Å². The third-order valence-electron chi connectivity index (χ3n) is 2.34. The van der Waals surface area contributed by atoms with Gasteiger partial charge in [-0.25, -0.2) is 0 Å². The van der Waals surface area contributed by atoms with E-state index < -0.39 is 0 Å². The van der Waals surface area contributed by atoms with Crippen LogP contribution in [-0.4, -0.2) is 38.4 Å². The Hall–Kier alpha value is -0.120. The van der Waals surface area contributed by atoms with Crippen molar-refractivity contribution < 1.29 is 4.74 Å². The van der Waals surface area contributed by atoms with Crippen LogP contribution in [0, 0.1) is 0 Å². The normalized spacial score (nSPS) is 31.2. The summed E-state index contributed by atoms with van der Waals surface area (Å²) in [5, 5.41) is 6.86. The van der Waals surface area contributed by atoms with Gasteiger partial charge in [-0.2, -0.15) is 0 Å². The molecule has 2 heterocycles. The molecule has 1 spiro atoms. The second-order valence-electron chi connectivity index (χ2n) is 3.20. The van der Waals surface area contributed by atoms with Crippen molar-refractivity contribution >= 4 is 0 Å². The largest absolute Gasteiger partial charge is 0.377 e. The van der Waals surface area contributed by atoms with E-state index >= 15 is 0 Å². The Morgan fingerprint density at radius 3 is 2.70 bits per heavy atom. The summed E-state index contributed by atoms with van der Waals surface area (Å²) in [5.41, 5.74) is 0.351. The average molecular weight is 142 g/mol. The van der Waals surface area contributed by atoms with Gasteiger partial charge in [-0.1, -0.05) is 0 Å². The third-order valence-corrected chi connectivity index (χ3v) is 2.34. The van der Waals surface area contributed by atoms with Crippen molar-refractivity contribution in [3.8, 4) is 0 Å². The van der Waals surface area contributed by atoms with Crippen LogP contribution in [0.25, 0.3) is 0 Å². The van der Waals surface area contributed by atoms with Gasteiger partial charge in [0, 0.05) is 13.1 Å². The molecule has 0 aromatic rings. The Balaban J connectivity index is 1.92. The second kappa shape index (κ2) is 2.49. The van der Waals surface area contributed by atoms with E-state index in [4.69, 9.17) is 4.74 Å². The maximum Gasteiger partial charge on any atom is 0.0672 e. The molecule has 0 aliphatic carbocycles. The Bertz CT molecular complexity index is 113. The van der Waals surface area contributed by atoms with Crippen LogP contribution in [0.15, 0.2) is 0 Å². The van der Waals surface area contributed by atoms with Crippen LogP contribution in [0.4, 0.5) is 0 Å². The lowest BCUT2D eigenvalue weighted by Gasteiger charge is -2.41. The summed E-state index contributed by atoms with van der Waals surface area (Å²) in [7, 11) is 0. The minimum absolute atomic E-state index is 0.351. The molecule has 2 rings (SSSR count). The smallest absolute Gasteiger partial charge is 0.0672 e. The van der Waals surface area contributed by atoms with Crippen molar-refractivity contribution in [1.82, 2.24) is 10.6 Å². The quantitative estimate of drug-likeness (QED) is 0.471. The highest BCUT2D eigenvalue weighted by atomic mass is 16.5. The summed E-state index contributed by atoms with van der Waals surface area (Å²) < 4.78 is 5.18. The molecule has 0 aromatic heterocycles. The Kier molecular flexibility index (Phi) is 1.64. The molecule has 0 bridgehead atoms. The summed E-state index contributed by atoms with van der Waals surface area (Å²) in [6, 6.07) is 0. The van der Waals surface area contributed by atoms with Crippen molar-refractivity contribution in [2.45, 2.75) is 12.0 Å². The molecule has 2 saturated heterocycles. The van der Waals surface area contributed by atoms with Gasteiger partial charge in [-0.15, -0.1) is 0 Å². The van der Waals surface area contributed by atoms with E-state index in [2.05, 4.69) is 10.6 Å². The van der Waals surface area contributed by atoms with Crippen LogP contribution in [0.1, 0.15) is 6.42 Å². The number of rotatable bonds is 0. The minimum Gasteiger partial charge on any atom is -0.377 e. The van der Waals surface area contributed by atoms with Gasteiger partial charge in [0.25, 0.3) is 0 Å². The van der Waals surface area contributed by atoms with Gasteiger partial charge < -0.3 is 15.4 Å². The lowest BCUT2D eigenvalue weighted by atomic mass is 9.93. The first-order chi connectivity index (χ1) is 4.91. The lowest BCUT2D eigenvalue weighted by Crippen LogP contribution is -2.60. The molecule has 0 radical (unpaired) electrons. The molecular formula is C7H14N2O. The fourth-order valence-electron chi connectivity index (χ4n) is 1.55. The number of hydrogen-bond acceptors (Lipinski definition) is 3. The van der Waals surface area contributed by atoms with E-state index in [1.54, 1.807) is 0 Å². The van der Waals surface area contributed by atoms with Crippen molar-refractivity contribution in [3.05, 3.63) is 0 Å². The molecule has 0 aromatic carbocycles. The van der Waals surface area contributed by atoms with E-state index in [-0.39, 0.29) is 0 Å². The molecule has 10 heavy (non-hydrogen) atoms. The fraction of sp³-hybridized carbons (Fsp3) is 1.00. The van der Waals surface area contributed by atoms with Gasteiger partial charge in [-0.3, -0.25) is 0 Å². The van der Waals surface area contributed by atoms with Crippen LogP contribution in [-0.2, 0) is 4.74 Å². The zero-order valence-electron chi connectivity index (χ0n) is 6.15. The molecule has 0 unspecified atom stereocenters. The molecule has 58 valence electrons. The first kappa shape index (κ1) is 6.58. The zero-order chi connectivity index (χ0) is 6.86. The van der Waals surface area contributed by atoms with Crippen LogP contribution in [0.5, 0.6) is 0 Å². The van der Waals surface area contributed by atoms with Crippen LogP contribution >= 0.6 is 0 Å². The molecule has 3 heteroatoms. The Labute approximate surface area is 61.1 Å². The molecule has 2 fully saturated rings. The van der Waals surface area contributed by atoms with Gasteiger partial charge >= 0.3 is 0 Å². The summed E-state index contributed by atoms with van der Waals surface area (Å²) in [6.07, 6.45) is 1.22. The van der Waals surface area contributed by atoms with E-state index in [1.165, 1.54) is 6.42 Å². The first-order valence-electron chi connectivity index (χ1n) is 3.95. The number of hydrogen-bond donors (Lipinski definition) is 2. The third kappa shape index (κ3) is 1.05. The molecule has 2 aliphatic heterocycles. The summed E-state index contributed by atoms with van der Waals surface area (Å²) in [6.45, 7) is 5.14. The molecule has 0 amide bonds. The fourth-order valence-corrected chi connectivity index (χ4v) is 1.55. The maximum absolute atomic E-state index is 5.18. The predicted octanol–water partition coefficient (Wildman–Crippen LogP) is -0.662. The second-order valence-corrected chi connectivity index (χ2v) is 3.20. The van der Waals surface area contributed by atoms with Gasteiger partial charge in [0.1, 0.15) is 0 Å². The molecule has 0 saturated carbocycles. The molecule has 0 atom stereocenters. The summed E-state index contributed by atoms with van der Waals surface area (Å²) >= 11 is 0. The summed E-state index contributed by atoms with van der Waals surface area (Å²) in [5.74, 6) is 0. The zero-order valence-corrected chi connectivity index (χ0v) is 6.15. The van der Waals surface area contributed by atoms with Crippen LogP contribution in [0.3, 0.4) is 0 Å². The standard InChI is InChI=1S/C7H14N2O/c1-2-8-3-4-9-7(1)5-10-6-7/h8-9H,1-6H2. The highest BCUT2D eigenvalue weighted by Gasteiger charge is 2.37. The van der Waals surface area contributed by atoms with Crippen molar-refractivity contribution in [2.24, 2.45) is 0 Å². The van der Waals surface area contributed by atoms with Gasteiger partial charge in [-0.05, 0) is 13.0 Å². The highest BCUT2D eigenvalue weighted by molar-refractivity contribution is 4.96. The van der Waals surface area contributed by atoms with E-state index in [9.17, 15) is 0 Å². The van der Waals surface area contributed by atoms with Gasteiger partial charge in [0.15, 0.2) is 0 Å². The Morgan fingerprint density at radius 1 is 1.10 bits per heavy atom. The maximum atomic E-state index is 5.18. The number of nitrogens with one attached hydrogen (secondary N) is 2.